The van der Waals surface area contributed by atoms with Crippen LogP contribution in [0.4, 0.5) is 0 Å². The van der Waals surface area contributed by atoms with Gasteiger partial charge in [-0.1, -0.05) is 35.8 Å². The molecule has 0 aliphatic heterocycles. The van der Waals surface area contributed by atoms with Gasteiger partial charge in [-0.05, 0) is 38.3 Å². The molecule has 0 fully saturated rings. The van der Waals surface area contributed by atoms with E-state index in [0.29, 0.717) is 6.61 Å². The van der Waals surface area contributed by atoms with Gasteiger partial charge in [0.05, 0.1) is 0 Å². The third kappa shape index (κ3) is 4.46. The molecular weight excluding hydrogens is 234 g/mol. The average molecular weight is 255 g/mol. The van der Waals surface area contributed by atoms with Crippen LogP contribution in [0.1, 0.15) is 31.2 Å². The Kier molecular flexibility index (Phi) is 5.52. The van der Waals surface area contributed by atoms with Gasteiger partial charge in [0, 0.05) is 12.1 Å². The normalized spacial score (nSPS) is 13.9. The first-order chi connectivity index (χ1) is 9.40. The summed E-state index contributed by atoms with van der Waals surface area (Å²) in [4.78, 5) is 0. The maximum Gasteiger partial charge on any atom is 0.148 e. The number of para-hydroxylation sites is 1. The highest BCUT2D eigenvalue weighted by Crippen LogP contribution is 2.20. The van der Waals surface area contributed by atoms with E-state index in [4.69, 9.17) is 11.2 Å². The Hall–Kier alpha value is -1.72. The van der Waals surface area contributed by atoms with Crippen LogP contribution in [0.2, 0.25) is 0 Å². The Bertz CT molecular complexity index is 470. The fourth-order valence-electron chi connectivity index (χ4n) is 2.35. The first kappa shape index (κ1) is 13.7. The second kappa shape index (κ2) is 7.66. The highest BCUT2D eigenvalue weighted by molar-refractivity contribution is 5.33. The number of benzene rings is 1. The van der Waals surface area contributed by atoms with Crippen molar-refractivity contribution < 1.29 is 4.74 Å². The van der Waals surface area contributed by atoms with Gasteiger partial charge < -0.3 is 10.1 Å². The summed E-state index contributed by atoms with van der Waals surface area (Å²) in [5.74, 6) is 3.38. The monoisotopic (exact) mass is 255 g/mol. The molecule has 0 heterocycles. The summed E-state index contributed by atoms with van der Waals surface area (Å²) in [5, 5.41) is 3.47. The zero-order chi connectivity index (χ0) is 13.3. The van der Waals surface area contributed by atoms with Gasteiger partial charge in [-0.25, -0.2) is 0 Å². The molecule has 1 aliphatic carbocycles. The fraction of sp³-hybridized carbons (Fsp3) is 0.412. The molecule has 2 rings (SSSR count). The van der Waals surface area contributed by atoms with Gasteiger partial charge >= 0.3 is 0 Å². The molecule has 1 N–H and O–H groups in total. The number of hydrogen-bond donors (Lipinski definition) is 1. The van der Waals surface area contributed by atoms with E-state index in [1.807, 2.05) is 18.2 Å². The number of ether oxygens (including phenoxy) is 1. The van der Waals surface area contributed by atoms with Gasteiger partial charge in [-0.3, -0.25) is 0 Å². The highest BCUT2D eigenvalue weighted by Gasteiger charge is 2.05. The molecule has 0 radical (unpaired) electrons. The first-order valence-electron chi connectivity index (χ1n) is 6.93. The molecule has 2 heteroatoms. The Labute approximate surface area is 115 Å². The molecule has 2 nitrogen and oxygen atoms in total. The van der Waals surface area contributed by atoms with Gasteiger partial charge in [-0.15, -0.1) is 6.42 Å². The van der Waals surface area contributed by atoms with E-state index in [1.54, 1.807) is 5.57 Å². The van der Waals surface area contributed by atoms with E-state index in [2.05, 4.69) is 23.4 Å². The van der Waals surface area contributed by atoms with Gasteiger partial charge in [0.15, 0.2) is 0 Å². The largest absolute Gasteiger partial charge is 0.481 e. The van der Waals surface area contributed by atoms with Crippen LogP contribution in [-0.4, -0.2) is 13.2 Å². The number of hydrogen-bond acceptors (Lipinski definition) is 2. The van der Waals surface area contributed by atoms with Crippen LogP contribution in [0.5, 0.6) is 5.75 Å². The summed E-state index contributed by atoms with van der Waals surface area (Å²) in [6.45, 7) is 2.17. The van der Waals surface area contributed by atoms with Crippen molar-refractivity contribution in [3.63, 3.8) is 0 Å². The number of rotatable bonds is 7. The topological polar surface area (TPSA) is 21.3 Å². The van der Waals surface area contributed by atoms with Crippen molar-refractivity contribution in [1.82, 2.24) is 5.32 Å². The summed E-state index contributed by atoms with van der Waals surface area (Å²) >= 11 is 0. The van der Waals surface area contributed by atoms with Crippen LogP contribution in [0.25, 0.3) is 0 Å². The zero-order valence-corrected chi connectivity index (χ0v) is 11.3. The number of nitrogens with one attached hydrogen (secondary N) is 1. The quantitative estimate of drug-likeness (QED) is 0.458. The third-order valence-corrected chi connectivity index (χ3v) is 3.36. The minimum absolute atomic E-state index is 0.323. The minimum atomic E-state index is 0.323. The van der Waals surface area contributed by atoms with E-state index in [-0.39, 0.29) is 0 Å². The van der Waals surface area contributed by atoms with Crippen LogP contribution >= 0.6 is 0 Å². The van der Waals surface area contributed by atoms with Crippen molar-refractivity contribution in [2.45, 2.75) is 32.2 Å². The second-order valence-corrected chi connectivity index (χ2v) is 4.78. The van der Waals surface area contributed by atoms with E-state index in [9.17, 15) is 0 Å². The van der Waals surface area contributed by atoms with Crippen molar-refractivity contribution in [1.29, 1.82) is 0 Å². The molecule has 19 heavy (non-hydrogen) atoms. The van der Waals surface area contributed by atoms with Crippen LogP contribution < -0.4 is 10.1 Å². The lowest BCUT2D eigenvalue weighted by atomic mass is 10.1. The molecule has 1 aromatic rings. The van der Waals surface area contributed by atoms with E-state index in [0.717, 1.165) is 30.8 Å². The molecule has 0 amide bonds. The Balaban J connectivity index is 1.77. The summed E-state index contributed by atoms with van der Waals surface area (Å²) < 4.78 is 5.53. The van der Waals surface area contributed by atoms with E-state index < -0.39 is 0 Å². The SMILES string of the molecule is C#CCOc1ccccc1CNCCC1=CCCC1. The van der Waals surface area contributed by atoms with Crippen LogP contribution in [0.15, 0.2) is 35.9 Å². The Morgan fingerprint density at radius 2 is 2.21 bits per heavy atom. The molecule has 0 saturated heterocycles. The van der Waals surface area contributed by atoms with Crippen LogP contribution in [0, 0.1) is 12.3 Å². The average Bonchev–Trinajstić information content (AvgIpc) is 2.95. The summed E-state index contributed by atoms with van der Waals surface area (Å²) in [6, 6.07) is 8.04. The van der Waals surface area contributed by atoms with E-state index >= 15 is 0 Å². The zero-order valence-electron chi connectivity index (χ0n) is 11.3. The molecule has 0 saturated carbocycles. The molecule has 1 aromatic carbocycles. The Morgan fingerprint density at radius 1 is 1.32 bits per heavy atom. The first-order valence-corrected chi connectivity index (χ1v) is 6.93. The van der Waals surface area contributed by atoms with Crippen molar-refractivity contribution in [2.24, 2.45) is 0 Å². The van der Waals surface area contributed by atoms with Gasteiger partial charge in [-0.2, -0.15) is 0 Å². The predicted octanol–water partition coefficient (Wildman–Crippen LogP) is 3.29. The van der Waals surface area contributed by atoms with Gasteiger partial charge in [0.25, 0.3) is 0 Å². The van der Waals surface area contributed by atoms with Gasteiger partial charge in [0.2, 0.25) is 0 Å². The standard InChI is InChI=1S/C17H21NO/c1-2-13-19-17-10-6-5-9-16(17)14-18-12-11-15-7-3-4-8-15/h1,5-7,9-10,18H,3-4,8,11-14H2. The predicted molar refractivity (Wildman–Crippen MR) is 79.0 cm³/mol. The van der Waals surface area contributed by atoms with Crippen molar-refractivity contribution >= 4 is 0 Å². The smallest absolute Gasteiger partial charge is 0.148 e. The molecular formula is C17H21NO. The summed E-state index contributed by atoms with van der Waals surface area (Å²) in [7, 11) is 0. The fourth-order valence-corrected chi connectivity index (χ4v) is 2.35. The van der Waals surface area contributed by atoms with E-state index in [1.165, 1.54) is 19.3 Å². The Morgan fingerprint density at radius 3 is 3.00 bits per heavy atom. The minimum Gasteiger partial charge on any atom is -0.481 e. The molecule has 0 aromatic heterocycles. The molecule has 1 aliphatic rings. The lowest BCUT2D eigenvalue weighted by Gasteiger charge is -2.10. The van der Waals surface area contributed by atoms with Crippen LogP contribution in [-0.2, 0) is 6.54 Å². The number of allylic oxidation sites excluding steroid dienone is 1. The molecule has 0 spiro atoms. The molecule has 0 bridgehead atoms. The van der Waals surface area contributed by atoms with Crippen molar-refractivity contribution in [2.75, 3.05) is 13.2 Å². The highest BCUT2D eigenvalue weighted by atomic mass is 16.5. The van der Waals surface area contributed by atoms with Crippen LogP contribution in [0.3, 0.4) is 0 Å². The lowest BCUT2D eigenvalue weighted by molar-refractivity contribution is 0.365. The second-order valence-electron chi connectivity index (χ2n) is 4.78. The molecule has 0 unspecified atom stereocenters. The maximum absolute atomic E-state index is 5.53. The number of terminal acetylenes is 1. The molecule has 0 atom stereocenters. The van der Waals surface area contributed by atoms with Gasteiger partial charge in [0.1, 0.15) is 12.4 Å². The third-order valence-electron chi connectivity index (χ3n) is 3.36. The molecule has 100 valence electrons. The maximum atomic E-state index is 5.53. The van der Waals surface area contributed by atoms with Crippen molar-refractivity contribution in [3.05, 3.63) is 41.5 Å². The summed E-state index contributed by atoms with van der Waals surface area (Å²) in [5.41, 5.74) is 2.77. The van der Waals surface area contributed by atoms with Crippen molar-refractivity contribution in [3.8, 4) is 18.1 Å². The summed E-state index contributed by atoms with van der Waals surface area (Å²) in [6.07, 6.45) is 12.6. The lowest BCUT2D eigenvalue weighted by Crippen LogP contribution is -2.15.